The van der Waals surface area contributed by atoms with Crippen LogP contribution in [0.4, 0.5) is 5.69 Å². The summed E-state index contributed by atoms with van der Waals surface area (Å²) in [6, 6.07) is 6.96. The molecule has 0 amide bonds. The zero-order valence-electron chi connectivity index (χ0n) is 11.3. The highest BCUT2D eigenvalue weighted by Gasteiger charge is 2.28. The summed E-state index contributed by atoms with van der Waals surface area (Å²) in [6.45, 7) is 10.8. The number of nitro benzene ring substituents is 1. The largest absolute Gasteiger partial charge is 0.269 e. The lowest BCUT2D eigenvalue weighted by molar-refractivity contribution is -0.385. The maximum Gasteiger partial charge on any atom is 0.269 e. The minimum atomic E-state index is -0.337. The fraction of sp³-hybridized carbons (Fsp3) is 0.571. The van der Waals surface area contributed by atoms with E-state index in [-0.39, 0.29) is 21.4 Å². The summed E-state index contributed by atoms with van der Waals surface area (Å²) in [4.78, 5) is 10.4. The maximum absolute atomic E-state index is 10.8. The lowest BCUT2D eigenvalue weighted by Gasteiger charge is -2.32. The molecule has 0 N–H and O–H groups in total. The molecular formula is C14H21NO2. The number of nitro groups is 1. The smallest absolute Gasteiger partial charge is 0.258 e. The van der Waals surface area contributed by atoms with Crippen molar-refractivity contribution in [2.24, 2.45) is 5.41 Å². The summed E-state index contributed by atoms with van der Waals surface area (Å²) in [6.07, 6.45) is 0.987. The van der Waals surface area contributed by atoms with Crippen LogP contribution in [0.15, 0.2) is 24.3 Å². The third-order valence-electron chi connectivity index (χ3n) is 2.81. The maximum atomic E-state index is 10.8. The van der Waals surface area contributed by atoms with Gasteiger partial charge in [0, 0.05) is 12.1 Å². The first-order chi connectivity index (χ1) is 7.62. The predicted octanol–water partition coefficient (Wildman–Crippen LogP) is 4.31. The van der Waals surface area contributed by atoms with E-state index in [2.05, 4.69) is 34.6 Å². The molecule has 94 valence electrons. The average Bonchev–Trinajstić information content (AvgIpc) is 2.14. The Labute approximate surface area is 103 Å². The van der Waals surface area contributed by atoms with Crippen LogP contribution < -0.4 is 0 Å². The first kappa shape index (κ1) is 13.7. The van der Waals surface area contributed by atoms with Gasteiger partial charge < -0.3 is 0 Å². The van der Waals surface area contributed by atoms with Crippen molar-refractivity contribution in [3.63, 3.8) is 0 Å². The Morgan fingerprint density at radius 1 is 1.18 bits per heavy atom. The second-order valence-corrected chi connectivity index (χ2v) is 6.43. The van der Waals surface area contributed by atoms with E-state index in [1.54, 1.807) is 12.1 Å². The Morgan fingerprint density at radius 3 is 2.24 bits per heavy atom. The lowest BCUT2D eigenvalue weighted by Crippen LogP contribution is -2.24. The van der Waals surface area contributed by atoms with Crippen molar-refractivity contribution in [2.75, 3.05) is 0 Å². The van der Waals surface area contributed by atoms with E-state index >= 15 is 0 Å². The average molecular weight is 235 g/mol. The van der Waals surface area contributed by atoms with Crippen LogP contribution >= 0.6 is 0 Å². The summed E-state index contributed by atoms with van der Waals surface area (Å²) < 4.78 is 0. The second kappa shape index (κ2) is 4.47. The Bertz CT molecular complexity index is 416. The van der Waals surface area contributed by atoms with Gasteiger partial charge in [0.05, 0.1) is 4.92 Å². The molecule has 0 heterocycles. The van der Waals surface area contributed by atoms with E-state index in [9.17, 15) is 10.1 Å². The zero-order chi connectivity index (χ0) is 13.3. The van der Waals surface area contributed by atoms with Crippen LogP contribution in [-0.4, -0.2) is 4.92 Å². The highest BCUT2D eigenvalue weighted by Crippen LogP contribution is 2.37. The van der Waals surface area contributed by atoms with Crippen molar-refractivity contribution in [3.8, 4) is 0 Å². The van der Waals surface area contributed by atoms with Gasteiger partial charge in [-0.25, -0.2) is 0 Å². The summed E-state index contributed by atoms with van der Waals surface area (Å²) in [5, 5.41) is 10.8. The molecule has 0 aliphatic carbocycles. The van der Waals surface area contributed by atoms with E-state index in [0.717, 1.165) is 12.0 Å². The molecule has 0 radical (unpaired) electrons. The first-order valence-corrected chi connectivity index (χ1v) is 5.87. The fourth-order valence-corrected chi connectivity index (χ4v) is 2.47. The van der Waals surface area contributed by atoms with E-state index < -0.39 is 0 Å². The van der Waals surface area contributed by atoms with E-state index in [1.807, 2.05) is 6.07 Å². The summed E-state index contributed by atoms with van der Waals surface area (Å²) in [7, 11) is 0. The molecule has 0 bridgehead atoms. The molecule has 0 atom stereocenters. The highest BCUT2D eigenvalue weighted by atomic mass is 16.6. The molecule has 3 nitrogen and oxygen atoms in total. The zero-order valence-corrected chi connectivity index (χ0v) is 11.3. The molecule has 1 aromatic carbocycles. The molecule has 1 rings (SSSR count). The van der Waals surface area contributed by atoms with Crippen molar-refractivity contribution < 1.29 is 4.92 Å². The summed E-state index contributed by atoms with van der Waals surface area (Å²) >= 11 is 0. The van der Waals surface area contributed by atoms with Crippen molar-refractivity contribution in [2.45, 2.75) is 46.5 Å². The Morgan fingerprint density at radius 2 is 1.76 bits per heavy atom. The van der Waals surface area contributed by atoms with Gasteiger partial charge in [-0.2, -0.15) is 0 Å². The third-order valence-corrected chi connectivity index (χ3v) is 2.81. The van der Waals surface area contributed by atoms with Gasteiger partial charge in [0.1, 0.15) is 0 Å². The molecule has 3 heteroatoms. The molecule has 0 saturated heterocycles. The fourth-order valence-electron chi connectivity index (χ4n) is 2.47. The number of hydrogen-bond acceptors (Lipinski definition) is 2. The van der Waals surface area contributed by atoms with Crippen LogP contribution in [0.1, 0.15) is 46.6 Å². The summed E-state index contributed by atoms with van der Waals surface area (Å²) in [5.74, 6) is 0. The van der Waals surface area contributed by atoms with Crippen LogP contribution in [0, 0.1) is 15.5 Å². The molecule has 0 saturated carbocycles. The Balaban J connectivity index is 3.06. The number of nitrogens with zero attached hydrogens (tertiary/aromatic N) is 1. The molecule has 17 heavy (non-hydrogen) atoms. The SMILES string of the molecule is CC(C)(C)CC(C)(C)c1cccc([N+](=O)[O-])c1. The standard InChI is InChI=1S/C14H21NO2/c1-13(2,3)10-14(4,5)11-7-6-8-12(9-11)15(16)17/h6-9H,10H2,1-5H3. The van der Waals surface area contributed by atoms with Crippen molar-refractivity contribution in [1.82, 2.24) is 0 Å². The molecule has 0 aliphatic rings. The van der Waals surface area contributed by atoms with Crippen molar-refractivity contribution in [1.29, 1.82) is 0 Å². The van der Waals surface area contributed by atoms with Crippen LogP contribution in [0.2, 0.25) is 0 Å². The number of rotatable bonds is 3. The molecule has 0 fully saturated rings. The number of hydrogen-bond donors (Lipinski definition) is 0. The van der Waals surface area contributed by atoms with Gasteiger partial charge in [0.25, 0.3) is 5.69 Å². The minimum absolute atomic E-state index is 0.0513. The van der Waals surface area contributed by atoms with Gasteiger partial charge in [-0.1, -0.05) is 46.8 Å². The highest BCUT2D eigenvalue weighted by molar-refractivity contribution is 5.37. The van der Waals surface area contributed by atoms with Gasteiger partial charge in [0.2, 0.25) is 0 Å². The monoisotopic (exact) mass is 235 g/mol. The molecule has 1 aromatic rings. The van der Waals surface area contributed by atoms with Gasteiger partial charge in [-0.15, -0.1) is 0 Å². The van der Waals surface area contributed by atoms with Crippen LogP contribution in [0.5, 0.6) is 0 Å². The number of non-ortho nitro benzene ring substituents is 1. The minimum Gasteiger partial charge on any atom is -0.258 e. The van der Waals surface area contributed by atoms with E-state index in [4.69, 9.17) is 0 Å². The predicted molar refractivity (Wildman–Crippen MR) is 70.2 cm³/mol. The quantitative estimate of drug-likeness (QED) is 0.578. The molecule has 0 aromatic heterocycles. The Hall–Kier alpha value is -1.38. The van der Waals surface area contributed by atoms with Crippen LogP contribution in [0.3, 0.4) is 0 Å². The van der Waals surface area contributed by atoms with Gasteiger partial charge in [0.15, 0.2) is 0 Å². The van der Waals surface area contributed by atoms with Gasteiger partial charge >= 0.3 is 0 Å². The molecule has 0 spiro atoms. The van der Waals surface area contributed by atoms with E-state index in [1.165, 1.54) is 6.07 Å². The lowest BCUT2D eigenvalue weighted by atomic mass is 9.72. The third kappa shape index (κ3) is 3.84. The topological polar surface area (TPSA) is 43.1 Å². The van der Waals surface area contributed by atoms with Crippen molar-refractivity contribution in [3.05, 3.63) is 39.9 Å². The van der Waals surface area contributed by atoms with E-state index in [0.29, 0.717) is 0 Å². The van der Waals surface area contributed by atoms with Gasteiger partial charge in [-0.05, 0) is 22.8 Å². The second-order valence-electron chi connectivity index (χ2n) is 6.43. The molecule has 0 unspecified atom stereocenters. The van der Waals surface area contributed by atoms with Crippen molar-refractivity contribution >= 4 is 5.69 Å². The normalized spacial score (nSPS) is 12.5. The Kier molecular flexibility index (Phi) is 3.60. The first-order valence-electron chi connectivity index (χ1n) is 5.87. The molecule has 0 aliphatic heterocycles. The number of benzene rings is 1. The van der Waals surface area contributed by atoms with Crippen LogP contribution in [0.25, 0.3) is 0 Å². The summed E-state index contributed by atoms with van der Waals surface area (Å²) in [5.41, 5.74) is 1.35. The van der Waals surface area contributed by atoms with Crippen LogP contribution in [-0.2, 0) is 5.41 Å². The molecular weight excluding hydrogens is 214 g/mol. The van der Waals surface area contributed by atoms with Gasteiger partial charge in [-0.3, -0.25) is 10.1 Å².